The second-order valence-electron chi connectivity index (χ2n) is 3.45. The Morgan fingerprint density at radius 3 is 2.59 bits per heavy atom. The van der Waals surface area contributed by atoms with Crippen LogP contribution in [-0.4, -0.2) is 16.3 Å². The van der Waals surface area contributed by atoms with Crippen molar-refractivity contribution in [1.82, 2.24) is 9.97 Å². The molecule has 2 aromatic rings. The lowest BCUT2D eigenvalue weighted by molar-refractivity contribution is 0.112. The minimum absolute atomic E-state index is 0.531. The first-order valence-electron chi connectivity index (χ1n) is 4.90. The molecule has 0 radical (unpaired) electrons. The number of carbonyl (C=O) groups is 1. The highest BCUT2D eigenvalue weighted by atomic mass is 35.5. The maximum Gasteiger partial charge on any atom is 0.192 e. The lowest BCUT2D eigenvalue weighted by Crippen LogP contribution is -1.87. The van der Waals surface area contributed by atoms with E-state index < -0.39 is 0 Å². The van der Waals surface area contributed by atoms with Gasteiger partial charge in [-0.3, -0.25) is 4.79 Å². The number of halogens is 1. The van der Waals surface area contributed by atoms with Crippen molar-refractivity contribution in [3.8, 4) is 0 Å². The summed E-state index contributed by atoms with van der Waals surface area (Å²) in [6, 6.07) is 5.14. The Morgan fingerprint density at radius 1 is 1.29 bits per heavy atom. The molecule has 0 aliphatic rings. The third-order valence-electron chi connectivity index (χ3n) is 2.05. The van der Waals surface area contributed by atoms with Gasteiger partial charge in [-0.15, -0.1) is 0 Å². The van der Waals surface area contributed by atoms with Crippen molar-refractivity contribution >= 4 is 29.6 Å². The highest BCUT2D eigenvalue weighted by Crippen LogP contribution is 2.31. The van der Waals surface area contributed by atoms with E-state index in [2.05, 4.69) is 9.97 Å². The van der Waals surface area contributed by atoms with Gasteiger partial charge in [0.25, 0.3) is 0 Å². The third kappa shape index (κ3) is 3.05. The van der Waals surface area contributed by atoms with Gasteiger partial charge in [-0.2, -0.15) is 0 Å². The van der Waals surface area contributed by atoms with Gasteiger partial charge < -0.3 is 0 Å². The maximum absolute atomic E-state index is 10.6. The highest BCUT2D eigenvalue weighted by molar-refractivity contribution is 7.99. The summed E-state index contributed by atoms with van der Waals surface area (Å²) in [6.07, 6.45) is 4.27. The molecule has 0 bridgehead atoms. The fourth-order valence-corrected chi connectivity index (χ4v) is 2.21. The summed E-state index contributed by atoms with van der Waals surface area (Å²) in [5, 5.41) is 1.17. The minimum atomic E-state index is 0.531. The van der Waals surface area contributed by atoms with Gasteiger partial charge in [0.15, 0.2) is 5.16 Å². The quantitative estimate of drug-likeness (QED) is 0.629. The van der Waals surface area contributed by atoms with E-state index in [0.29, 0.717) is 15.7 Å². The van der Waals surface area contributed by atoms with Crippen molar-refractivity contribution in [3.63, 3.8) is 0 Å². The Balaban J connectivity index is 2.24. The van der Waals surface area contributed by atoms with Crippen LogP contribution in [-0.2, 0) is 0 Å². The molecule has 5 heteroatoms. The fraction of sp³-hybridized carbons (Fsp3) is 0.0833. The van der Waals surface area contributed by atoms with Crippen LogP contribution in [0.5, 0.6) is 0 Å². The minimum Gasteiger partial charge on any atom is -0.298 e. The van der Waals surface area contributed by atoms with Crippen LogP contribution in [0, 0.1) is 6.92 Å². The Hall–Kier alpha value is -1.39. The van der Waals surface area contributed by atoms with Gasteiger partial charge in [-0.1, -0.05) is 17.7 Å². The summed E-state index contributed by atoms with van der Waals surface area (Å²) in [7, 11) is 0. The van der Waals surface area contributed by atoms with E-state index >= 15 is 0 Å². The molecule has 1 aromatic carbocycles. The van der Waals surface area contributed by atoms with Gasteiger partial charge >= 0.3 is 0 Å². The van der Waals surface area contributed by atoms with E-state index in [9.17, 15) is 4.79 Å². The first-order chi connectivity index (χ1) is 8.19. The number of rotatable bonds is 3. The number of hydrogen-bond acceptors (Lipinski definition) is 4. The van der Waals surface area contributed by atoms with Gasteiger partial charge in [0.05, 0.1) is 5.02 Å². The molecule has 0 atom stereocenters. The van der Waals surface area contributed by atoms with Crippen molar-refractivity contribution in [2.24, 2.45) is 0 Å². The molecule has 17 heavy (non-hydrogen) atoms. The molecule has 1 aromatic heterocycles. The number of aromatic nitrogens is 2. The van der Waals surface area contributed by atoms with Crippen LogP contribution in [0.25, 0.3) is 0 Å². The maximum atomic E-state index is 10.6. The molecule has 86 valence electrons. The normalized spacial score (nSPS) is 10.2. The molecule has 3 nitrogen and oxygen atoms in total. The largest absolute Gasteiger partial charge is 0.298 e. The molecular formula is C12H9ClN2OS. The van der Waals surface area contributed by atoms with Crippen LogP contribution in [0.1, 0.15) is 15.9 Å². The summed E-state index contributed by atoms with van der Waals surface area (Å²) in [5.74, 6) is 0. The Bertz CT molecular complexity index is 543. The number of aldehydes is 1. The van der Waals surface area contributed by atoms with E-state index in [1.807, 2.05) is 6.92 Å². The van der Waals surface area contributed by atoms with Crippen LogP contribution < -0.4 is 0 Å². The zero-order chi connectivity index (χ0) is 12.3. The van der Waals surface area contributed by atoms with Crippen LogP contribution in [0.2, 0.25) is 5.02 Å². The summed E-state index contributed by atoms with van der Waals surface area (Å²) < 4.78 is 0. The molecule has 0 saturated heterocycles. The van der Waals surface area contributed by atoms with Crippen molar-refractivity contribution in [1.29, 1.82) is 0 Å². The molecule has 0 unspecified atom stereocenters. The van der Waals surface area contributed by atoms with E-state index in [1.54, 1.807) is 30.6 Å². The van der Waals surface area contributed by atoms with Crippen LogP contribution >= 0.6 is 23.4 Å². The molecule has 2 rings (SSSR count). The van der Waals surface area contributed by atoms with Crippen molar-refractivity contribution in [3.05, 3.63) is 46.7 Å². The first-order valence-corrected chi connectivity index (χ1v) is 6.10. The topological polar surface area (TPSA) is 42.9 Å². The Kier molecular flexibility index (Phi) is 3.76. The third-order valence-corrected chi connectivity index (χ3v) is 3.44. The standard InChI is InChI=1S/C12H9ClN2OS/c1-8-5-14-12(15-6-8)17-11-3-2-9(7-16)4-10(11)13/h2-7H,1H3. The van der Waals surface area contributed by atoms with E-state index in [1.165, 1.54) is 11.8 Å². The Labute approximate surface area is 108 Å². The van der Waals surface area contributed by atoms with Gasteiger partial charge in [0.1, 0.15) is 6.29 Å². The average Bonchev–Trinajstić information content (AvgIpc) is 2.34. The average molecular weight is 265 g/mol. The molecule has 1 heterocycles. The zero-order valence-corrected chi connectivity index (χ0v) is 10.6. The van der Waals surface area contributed by atoms with Gasteiger partial charge in [-0.05, 0) is 36.4 Å². The van der Waals surface area contributed by atoms with E-state index in [4.69, 9.17) is 11.6 Å². The molecule has 0 fully saturated rings. The smallest absolute Gasteiger partial charge is 0.192 e. The Morgan fingerprint density at radius 2 is 2.00 bits per heavy atom. The molecule has 0 aliphatic carbocycles. The number of carbonyl (C=O) groups excluding carboxylic acids is 1. The zero-order valence-electron chi connectivity index (χ0n) is 9.05. The summed E-state index contributed by atoms with van der Waals surface area (Å²) >= 11 is 7.43. The first kappa shape index (κ1) is 12.1. The van der Waals surface area contributed by atoms with Crippen molar-refractivity contribution in [2.45, 2.75) is 17.0 Å². The van der Waals surface area contributed by atoms with Crippen molar-refractivity contribution in [2.75, 3.05) is 0 Å². The fourth-order valence-electron chi connectivity index (χ4n) is 1.20. The molecule has 0 amide bonds. The van der Waals surface area contributed by atoms with Gasteiger partial charge in [0.2, 0.25) is 0 Å². The van der Waals surface area contributed by atoms with Crippen LogP contribution in [0.4, 0.5) is 0 Å². The molecular weight excluding hydrogens is 256 g/mol. The van der Waals surface area contributed by atoms with E-state index in [0.717, 1.165) is 16.7 Å². The van der Waals surface area contributed by atoms with Crippen LogP contribution in [0.3, 0.4) is 0 Å². The lowest BCUT2D eigenvalue weighted by atomic mass is 10.2. The van der Waals surface area contributed by atoms with E-state index in [-0.39, 0.29) is 0 Å². The number of aryl methyl sites for hydroxylation is 1. The lowest BCUT2D eigenvalue weighted by Gasteiger charge is -2.03. The molecule has 0 N–H and O–H groups in total. The molecule has 0 saturated carbocycles. The summed E-state index contributed by atoms with van der Waals surface area (Å²) in [6.45, 7) is 1.93. The second-order valence-corrected chi connectivity index (χ2v) is 4.87. The van der Waals surface area contributed by atoms with Crippen LogP contribution in [0.15, 0.2) is 40.6 Å². The molecule has 0 aliphatic heterocycles. The van der Waals surface area contributed by atoms with Crippen molar-refractivity contribution < 1.29 is 4.79 Å². The van der Waals surface area contributed by atoms with Gasteiger partial charge in [-0.25, -0.2) is 9.97 Å². The second kappa shape index (κ2) is 5.29. The predicted molar refractivity (Wildman–Crippen MR) is 67.7 cm³/mol. The number of nitrogens with zero attached hydrogens (tertiary/aromatic N) is 2. The highest BCUT2D eigenvalue weighted by Gasteiger charge is 2.05. The monoisotopic (exact) mass is 264 g/mol. The predicted octanol–water partition coefficient (Wildman–Crippen LogP) is 3.40. The summed E-state index contributed by atoms with van der Waals surface area (Å²) in [4.78, 5) is 19.8. The number of hydrogen-bond donors (Lipinski definition) is 0. The SMILES string of the molecule is Cc1cnc(Sc2ccc(C=O)cc2Cl)nc1. The number of benzene rings is 1. The molecule has 0 spiro atoms. The summed E-state index contributed by atoms with van der Waals surface area (Å²) in [5.41, 5.74) is 1.57. The van der Waals surface area contributed by atoms with Gasteiger partial charge in [0, 0.05) is 22.9 Å².